The van der Waals surface area contributed by atoms with E-state index in [0.717, 1.165) is 11.4 Å². The number of anilines is 2. The van der Waals surface area contributed by atoms with Crippen molar-refractivity contribution >= 4 is 44.0 Å². The number of benzene rings is 8. The molecule has 9 aromatic rings. The molecule has 10 rings (SSSR count). The minimum absolute atomic E-state index is 0.147. The Balaban J connectivity index is 0.974. The summed E-state index contributed by atoms with van der Waals surface area (Å²) in [4.78, 5) is 0. The molecule has 0 bridgehead atoms. The van der Waals surface area contributed by atoms with E-state index < -0.39 is 0 Å². The van der Waals surface area contributed by atoms with Gasteiger partial charge in [-0.25, -0.2) is 0 Å². The maximum Gasteiger partial charge on any atom is 0.0541 e. The van der Waals surface area contributed by atoms with E-state index in [2.05, 4.69) is 200 Å². The smallest absolute Gasteiger partial charge is 0.0541 e. The summed E-state index contributed by atoms with van der Waals surface area (Å²) < 4.78 is 2.42. The van der Waals surface area contributed by atoms with Gasteiger partial charge in [-0.1, -0.05) is 141 Å². The zero-order chi connectivity index (χ0) is 34.1. The van der Waals surface area contributed by atoms with Crippen LogP contribution in [-0.2, 0) is 5.41 Å². The highest BCUT2D eigenvalue weighted by Gasteiger charge is 2.36. The second-order valence-electron chi connectivity index (χ2n) is 14.3. The Labute approximate surface area is 298 Å². The number of para-hydroxylation sites is 2. The van der Waals surface area contributed by atoms with Crippen LogP contribution in [0.15, 0.2) is 176 Å². The second kappa shape index (κ2) is 11.3. The molecule has 0 fully saturated rings. The lowest BCUT2D eigenvalue weighted by Crippen LogP contribution is -2.15. The van der Waals surface area contributed by atoms with Crippen molar-refractivity contribution in [3.63, 3.8) is 0 Å². The Kier molecular flexibility index (Phi) is 6.56. The monoisotopic (exact) mass is 652 g/mol. The zero-order valence-electron chi connectivity index (χ0n) is 28.7. The van der Waals surface area contributed by atoms with Gasteiger partial charge in [-0.2, -0.15) is 0 Å². The molecule has 0 unspecified atom stereocenters. The van der Waals surface area contributed by atoms with Crippen LogP contribution in [0.4, 0.5) is 11.4 Å². The molecule has 51 heavy (non-hydrogen) atoms. The Hall–Kier alpha value is -6.38. The van der Waals surface area contributed by atoms with Gasteiger partial charge >= 0.3 is 0 Å². The lowest BCUT2D eigenvalue weighted by Gasteiger charge is -2.23. The van der Waals surface area contributed by atoms with Gasteiger partial charge in [-0.3, -0.25) is 0 Å². The average molecular weight is 653 g/mol. The number of hydrogen-bond donors (Lipinski definition) is 1. The molecule has 0 aliphatic heterocycles. The highest BCUT2D eigenvalue weighted by Crippen LogP contribution is 2.50. The summed E-state index contributed by atoms with van der Waals surface area (Å²) >= 11 is 0. The van der Waals surface area contributed by atoms with Gasteiger partial charge in [-0.05, 0) is 104 Å². The van der Waals surface area contributed by atoms with Crippen LogP contribution in [0.5, 0.6) is 0 Å². The van der Waals surface area contributed by atoms with Crippen molar-refractivity contribution in [2.75, 3.05) is 5.32 Å². The van der Waals surface area contributed by atoms with Crippen LogP contribution in [0.1, 0.15) is 25.0 Å². The number of hydrogen-bond acceptors (Lipinski definition) is 1. The molecule has 0 amide bonds. The van der Waals surface area contributed by atoms with E-state index in [1.807, 2.05) is 0 Å². The summed E-state index contributed by atoms with van der Waals surface area (Å²) in [6.07, 6.45) is 0. The maximum absolute atomic E-state index is 3.72. The molecule has 2 nitrogen and oxygen atoms in total. The van der Waals surface area contributed by atoms with E-state index in [9.17, 15) is 0 Å². The Morgan fingerprint density at radius 3 is 1.65 bits per heavy atom. The zero-order valence-corrected chi connectivity index (χ0v) is 28.7. The van der Waals surface area contributed by atoms with Crippen LogP contribution < -0.4 is 5.32 Å². The van der Waals surface area contributed by atoms with Gasteiger partial charge in [-0.15, -0.1) is 0 Å². The van der Waals surface area contributed by atoms with Gasteiger partial charge in [0.1, 0.15) is 0 Å². The molecular formula is C49H36N2. The predicted molar refractivity (Wildman–Crippen MR) is 216 cm³/mol. The first-order chi connectivity index (χ1) is 25.0. The third-order valence-corrected chi connectivity index (χ3v) is 11.0. The molecule has 1 aliphatic rings. The van der Waals surface area contributed by atoms with Gasteiger partial charge in [0.25, 0.3) is 0 Å². The second-order valence-corrected chi connectivity index (χ2v) is 14.3. The van der Waals surface area contributed by atoms with Crippen LogP contribution in [-0.4, -0.2) is 4.57 Å². The van der Waals surface area contributed by atoms with Crippen molar-refractivity contribution in [1.29, 1.82) is 0 Å². The molecule has 0 saturated heterocycles. The van der Waals surface area contributed by atoms with Crippen molar-refractivity contribution < 1.29 is 0 Å². The van der Waals surface area contributed by atoms with Crippen LogP contribution in [0.3, 0.4) is 0 Å². The van der Waals surface area contributed by atoms with Gasteiger partial charge < -0.3 is 9.88 Å². The van der Waals surface area contributed by atoms with Gasteiger partial charge in [0.05, 0.1) is 11.0 Å². The first-order valence-corrected chi connectivity index (χ1v) is 17.8. The molecule has 0 saturated carbocycles. The Morgan fingerprint density at radius 1 is 0.431 bits per heavy atom. The van der Waals surface area contributed by atoms with Gasteiger partial charge in [0, 0.05) is 33.2 Å². The fourth-order valence-corrected chi connectivity index (χ4v) is 8.48. The molecule has 1 aromatic heterocycles. The molecular weight excluding hydrogens is 617 g/mol. The lowest BCUT2D eigenvalue weighted by atomic mass is 9.82. The fourth-order valence-electron chi connectivity index (χ4n) is 8.48. The molecule has 8 aromatic carbocycles. The van der Waals surface area contributed by atoms with Crippen LogP contribution >= 0.6 is 0 Å². The number of fused-ring (bicyclic) bond motifs is 7. The molecule has 1 aliphatic carbocycles. The predicted octanol–water partition coefficient (Wildman–Crippen LogP) is 13.3. The van der Waals surface area contributed by atoms with Crippen LogP contribution in [0.25, 0.3) is 71.6 Å². The van der Waals surface area contributed by atoms with E-state index in [0.29, 0.717) is 0 Å². The summed E-state index contributed by atoms with van der Waals surface area (Å²) in [6, 6.07) is 64.1. The molecule has 0 spiro atoms. The fraction of sp³-hybridized carbons (Fsp3) is 0.0612. The van der Waals surface area contributed by atoms with Crippen LogP contribution in [0.2, 0.25) is 0 Å². The average Bonchev–Trinajstić information content (AvgIpc) is 3.63. The van der Waals surface area contributed by atoms with E-state index >= 15 is 0 Å². The van der Waals surface area contributed by atoms with E-state index in [1.54, 1.807) is 0 Å². The summed E-state index contributed by atoms with van der Waals surface area (Å²) in [6.45, 7) is 4.72. The Bertz CT molecular complexity index is 2730. The molecule has 1 heterocycles. The topological polar surface area (TPSA) is 17.0 Å². The van der Waals surface area contributed by atoms with Gasteiger partial charge in [0.15, 0.2) is 0 Å². The molecule has 0 radical (unpaired) electrons. The summed E-state index contributed by atoms with van der Waals surface area (Å²) in [5.41, 5.74) is 16.0. The standard InChI is InChI=1S/C49H36N2/c1-49(2)44-30-36(50-35-24-22-33(23-25-35)39-19-11-15-34-14-10-18-38(48(34)39)32-12-4-3-5-13-32)26-28-40(44)41-29-27-37(31-45(41)49)51-46-20-8-6-16-42(46)43-17-7-9-21-47(43)51/h3-31,50H,1-2H3. The van der Waals surface area contributed by atoms with Crippen molar-refractivity contribution in [2.24, 2.45) is 0 Å². The molecule has 1 N–H and O–H groups in total. The molecule has 0 atom stereocenters. The normalized spacial score (nSPS) is 13.1. The number of aromatic nitrogens is 1. The third kappa shape index (κ3) is 4.64. The van der Waals surface area contributed by atoms with Gasteiger partial charge in [0.2, 0.25) is 0 Å². The number of nitrogens with one attached hydrogen (secondary N) is 1. The first-order valence-electron chi connectivity index (χ1n) is 17.8. The van der Waals surface area contributed by atoms with Crippen molar-refractivity contribution in [3.8, 4) is 39.1 Å². The van der Waals surface area contributed by atoms with Crippen molar-refractivity contribution in [2.45, 2.75) is 19.3 Å². The quantitative estimate of drug-likeness (QED) is 0.196. The molecule has 2 heteroatoms. The van der Waals surface area contributed by atoms with E-state index in [1.165, 1.54) is 82.8 Å². The highest BCUT2D eigenvalue weighted by atomic mass is 15.0. The molecule has 242 valence electrons. The SMILES string of the molecule is CC1(C)c2cc(Nc3ccc(-c4cccc5cccc(-c6ccccc6)c45)cc3)ccc2-c2ccc(-n3c4ccccc4c4ccccc43)cc21. The van der Waals surface area contributed by atoms with Crippen molar-refractivity contribution in [3.05, 3.63) is 187 Å². The Morgan fingerprint density at radius 2 is 0.980 bits per heavy atom. The summed E-state index contributed by atoms with van der Waals surface area (Å²) in [7, 11) is 0. The lowest BCUT2D eigenvalue weighted by molar-refractivity contribution is 0.660. The minimum atomic E-state index is -0.147. The number of nitrogens with zero attached hydrogens (tertiary/aromatic N) is 1. The first kappa shape index (κ1) is 29.5. The van der Waals surface area contributed by atoms with E-state index in [-0.39, 0.29) is 5.41 Å². The number of rotatable bonds is 5. The van der Waals surface area contributed by atoms with Crippen molar-refractivity contribution in [1.82, 2.24) is 4.57 Å². The largest absolute Gasteiger partial charge is 0.356 e. The van der Waals surface area contributed by atoms with E-state index in [4.69, 9.17) is 0 Å². The minimum Gasteiger partial charge on any atom is -0.356 e. The highest BCUT2D eigenvalue weighted by molar-refractivity contribution is 6.09. The third-order valence-electron chi connectivity index (χ3n) is 11.0. The summed E-state index contributed by atoms with van der Waals surface area (Å²) in [5.74, 6) is 0. The maximum atomic E-state index is 3.72. The summed E-state index contributed by atoms with van der Waals surface area (Å²) in [5, 5.41) is 8.83. The van der Waals surface area contributed by atoms with Crippen LogP contribution in [0, 0.1) is 0 Å².